The number of carboxylic acids is 1. The molecule has 0 radical (unpaired) electrons. The molecule has 1 aliphatic rings. The van der Waals surface area contributed by atoms with Crippen LogP contribution in [0.4, 0.5) is 8.78 Å². The summed E-state index contributed by atoms with van der Waals surface area (Å²) in [6, 6.07) is -0.671. The molecule has 1 aliphatic heterocycles. The molecule has 3 nitrogen and oxygen atoms in total. The lowest BCUT2D eigenvalue weighted by atomic mass is 9.92. The number of alkyl halides is 2. The Morgan fingerprint density at radius 2 is 2.20 bits per heavy atom. The van der Waals surface area contributed by atoms with Gasteiger partial charge in [-0.2, -0.15) is 0 Å². The summed E-state index contributed by atoms with van der Waals surface area (Å²) in [6.07, 6.45) is 1.12. The predicted molar refractivity (Wildman–Crippen MR) is 52.0 cm³/mol. The Balaban J connectivity index is 2.60. The van der Waals surface area contributed by atoms with Gasteiger partial charge in [-0.05, 0) is 33.2 Å². The van der Waals surface area contributed by atoms with Crippen LogP contribution < -0.4 is 0 Å². The van der Waals surface area contributed by atoms with E-state index in [1.807, 2.05) is 0 Å². The molecule has 15 heavy (non-hydrogen) atoms. The summed E-state index contributed by atoms with van der Waals surface area (Å²) in [7, 11) is 0. The molecule has 1 saturated heterocycles. The summed E-state index contributed by atoms with van der Waals surface area (Å²) in [5.74, 6) is -4.38. The zero-order valence-electron chi connectivity index (χ0n) is 9.04. The third kappa shape index (κ3) is 3.12. The molecule has 0 saturated carbocycles. The number of rotatable bonds is 3. The van der Waals surface area contributed by atoms with Crippen molar-refractivity contribution in [3.8, 4) is 0 Å². The van der Waals surface area contributed by atoms with Crippen molar-refractivity contribution < 1.29 is 18.7 Å². The standard InChI is InChI=1S/C10H17F2NO2/c1-7(9(14)15)13-5-3-4-8(6-13)10(2,11)12/h7-8H,3-6H2,1-2H3,(H,14,15)/t7-,8+/m0/s1. The maximum atomic E-state index is 13.1. The Morgan fingerprint density at radius 3 is 2.67 bits per heavy atom. The molecule has 5 heteroatoms. The Morgan fingerprint density at radius 1 is 1.60 bits per heavy atom. The second-order valence-corrected chi connectivity index (χ2v) is 4.30. The van der Waals surface area contributed by atoms with Crippen LogP contribution in [0.3, 0.4) is 0 Å². The van der Waals surface area contributed by atoms with Gasteiger partial charge in [-0.1, -0.05) is 0 Å². The van der Waals surface area contributed by atoms with E-state index in [0.717, 1.165) is 6.92 Å². The van der Waals surface area contributed by atoms with E-state index in [2.05, 4.69) is 0 Å². The molecule has 0 aromatic rings. The van der Waals surface area contributed by atoms with Crippen LogP contribution in [0.5, 0.6) is 0 Å². The number of carboxylic acid groups (broad SMARTS) is 1. The van der Waals surface area contributed by atoms with Gasteiger partial charge in [-0.25, -0.2) is 8.78 Å². The third-order valence-electron chi connectivity index (χ3n) is 3.07. The van der Waals surface area contributed by atoms with Gasteiger partial charge >= 0.3 is 5.97 Å². The van der Waals surface area contributed by atoms with E-state index in [1.165, 1.54) is 0 Å². The van der Waals surface area contributed by atoms with Gasteiger partial charge in [0.05, 0.1) is 0 Å². The van der Waals surface area contributed by atoms with Crippen LogP contribution in [0.15, 0.2) is 0 Å². The van der Waals surface area contributed by atoms with Crippen molar-refractivity contribution in [3.05, 3.63) is 0 Å². The van der Waals surface area contributed by atoms with Gasteiger partial charge in [0.2, 0.25) is 5.92 Å². The number of likely N-dealkylation sites (tertiary alicyclic amines) is 1. The van der Waals surface area contributed by atoms with Crippen molar-refractivity contribution >= 4 is 5.97 Å². The molecule has 0 aromatic carbocycles. The first-order chi connectivity index (χ1) is 6.82. The van der Waals surface area contributed by atoms with E-state index in [9.17, 15) is 13.6 Å². The second-order valence-electron chi connectivity index (χ2n) is 4.30. The van der Waals surface area contributed by atoms with Gasteiger partial charge in [-0.15, -0.1) is 0 Å². The largest absolute Gasteiger partial charge is 0.480 e. The molecule has 0 bridgehead atoms. The minimum Gasteiger partial charge on any atom is -0.480 e. The van der Waals surface area contributed by atoms with Crippen molar-refractivity contribution in [2.24, 2.45) is 5.92 Å². The molecule has 1 rings (SSSR count). The highest BCUT2D eigenvalue weighted by Crippen LogP contribution is 2.32. The fraction of sp³-hybridized carbons (Fsp3) is 0.900. The van der Waals surface area contributed by atoms with E-state index in [4.69, 9.17) is 5.11 Å². The molecular weight excluding hydrogens is 204 g/mol. The van der Waals surface area contributed by atoms with Crippen molar-refractivity contribution in [1.82, 2.24) is 4.90 Å². The lowest BCUT2D eigenvalue weighted by molar-refractivity contribution is -0.145. The molecule has 1 heterocycles. The maximum absolute atomic E-state index is 13.1. The first-order valence-electron chi connectivity index (χ1n) is 5.17. The Labute approximate surface area is 88.1 Å². The van der Waals surface area contributed by atoms with Gasteiger partial charge in [0.1, 0.15) is 6.04 Å². The van der Waals surface area contributed by atoms with Crippen molar-refractivity contribution in [2.75, 3.05) is 13.1 Å². The van der Waals surface area contributed by atoms with E-state index < -0.39 is 23.9 Å². The highest BCUT2D eigenvalue weighted by atomic mass is 19.3. The number of aliphatic carboxylic acids is 1. The minimum atomic E-state index is -2.71. The first kappa shape index (κ1) is 12.4. The first-order valence-corrected chi connectivity index (χ1v) is 5.17. The van der Waals surface area contributed by atoms with Gasteiger partial charge in [-0.3, -0.25) is 9.69 Å². The van der Waals surface area contributed by atoms with Crippen molar-refractivity contribution in [3.63, 3.8) is 0 Å². The molecule has 0 spiro atoms. The summed E-state index contributed by atoms with van der Waals surface area (Å²) in [4.78, 5) is 12.3. The Kier molecular flexibility index (Phi) is 3.65. The number of hydrogen-bond acceptors (Lipinski definition) is 2. The topological polar surface area (TPSA) is 40.5 Å². The number of piperidine rings is 1. The highest BCUT2D eigenvalue weighted by Gasteiger charge is 2.38. The smallest absolute Gasteiger partial charge is 0.320 e. The number of carbonyl (C=O) groups is 1. The van der Waals surface area contributed by atoms with Crippen LogP contribution in [0.2, 0.25) is 0 Å². The summed E-state index contributed by atoms with van der Waals surface area (Å²) in [5.41, 5.74) is 0. The molecular formula is C10H17F2NO2. The van der Waals surface area contributed by atoms with Crippen LogP contribution in [-0.2, 0) is 4.79 Å². The monoisotopic (exact) mass is 221 g/mol. The van der Waals surface area contributed by atoms with Crippen LogP contribution in [0, 0.1) is 5.92 Å². The third-order valence-corrected chi connectivity index (χ3v) is 3.07. The Hall–Kier alpha value is -0.710. The summed E-state index contributed by atoms with van der Waals surface area (Å²) in [6.45, 7) is 3.22. The molecule has 0 aromatic heterocycles. The van der Waals surface area contributed by atoms with Crippen LogP contribution >= 0.6 is 0 Å². The van der Waals surface area contributed by atoms with Gasteiger partial charge < -0.3 is 5.11 Å². The molecule has 1 N–H and O–H groups in total. The minimum absolute atomic E-state index is 0.178. The number of nitrogens with zero attached hydrogens (tertiary/aromatic N) is 1. The van der Waals surface area contributed by atoms with E-state index in [1.54, 1.807) is 11.8 Å². The fourth-order valence-electron chi connectivity index (χ4n) is 1.93. The molecule has 1 fully saturated rings. The number of halogens is 2. The quantitative estimate of drug-likeness (QED) is 0.790. The average molecular weight is 221 g/mol. The predicted octanol–water partition coefficient (Wildman–Crippen LogP) is 1.83. The molecule has 2 atom stereocenters. The number of hydrogen-bond donors (Lipinski definition) is 1. The van der Waals surface area contributed by atoms with Gasteiger partial charge in [0.25, 0.3) is 0 Å². The van der Waals surface area contributed by atoms with Crippen LogP contribution in [-0.4, -0.2) is 41.0 Å². The van der Waals surface area contributed by atoms with E-state index >= 15 is 0 Å². The molecule has 0 unspecified atom stereocenters. The SMILES string of the molecule is C[C@@H](C(=O)O)N1CCC[C@@H](C(C)(F)F)C1. The van der Waals surface area contributed by atoms with Crippen molar-refractivity contribution in [1.29, 1.82) is 0 Å². The van der Waals surface area contributed by atoms with Gasteiger partial charge in [0, 0.05) is 12.5 Å². The zero-order chi connectivity index (χ0) is 11.6. The zero-order valence-corrected chi connectivity index (χ0v) is 9.04. The summed E-state index contributed by atoms with van der Waals surface area (Å²) in [5, 5.41) is 8.79. The lowest BCUT2D eigenvalue weighted by Crippen LogP contribution is -2.48. The maximum Gasteiger partial charge on any atom is 0.320 e. The average Bonchev–Trinajstić information content (AvgIpc) is 2.15. The second kappa shape index (κ2) is 4.43. The normalized spacial score (nSPS) is 26.3. The van der Waals surface area contributed by atoms with E-state index in [0.29, 0.717) is 19.4 Å². The van der Waals surface area contributed by atoms with E-state index in [-0.39, 0.29) is 6.54 Å². The van der Waals surface area contributed by atoms with Crippen LogP contribution in [0.25, 0.3) is 0 Å². The van der Waals surface area contributed by atoms with Crippen LogP contribution in [0.1, 0.15) is 26.7 Å². The summed E-state index contributed by atoms with van der Waals surface area (Å²) < 4.78 is 26.1. The van der Waals surface area contributed by atoms with Gasteiger partial charge in [0.15, 0.2) is 0 Å². The molecule has 0 aliphatic carbocycles. The Bertz CT molecular complexity index is 240. The fourth-order valence-corrected chi connectivity index (χ4v) is 1.93. The lowest BCUT2D eigenvalue weighted by Gasteiger charge is -2.37. The molecule has 88 valence electrons. The van der Waals surface area contributed by atoms with Crippen molar-refractivity contribution in [2.45, 2.75) is 38.7 Å². The molecule has 0 amide bonds. The highest BCUT2D eigenvalue weighted by molar-refractivity contribution is 5.72. The summed E-state index contributed by atoms with van der Waals surface area (Å²) >= 11 is 0.